The number of pyridine rings is 1. The summed E-state index contributed by atoms with van der Waals surface area (Å²) in [6, 6.07) is 5.52. The predicted octanol–water partition coefficient (Wildman–Crippen LogP) is 2.29. The van der Waals surface area contributed by atoms with Gasteiger partial charge in [0.2, 0.25) is 5.91 Å². The highest BCUT2D eigenvalue weighted by Gasteiger charge is 2.10. The van der Waals surface area contributed by atoms with E-state index >= 15 is 0 Å². The SMILES string of the molecule is O=C(CCCN1CCCCC1)Nc1ccccn1. The molecule has 18 heavy (non-hydrogen) atoms. The van der Waals surface area contributed by atoms with Crippen LogP contribution in [0, 0.1) is 0 Å². The van der Waals surface area contributed by atoms with Crippen LogP contribution in [0.5, 0.6) is 0 Å². The van der Waals surface area contributed by atoms with Crippen LogP contribution in [-0.4, -0.2) is 35.4 Å². The van der Waals surface area contributed by atoms with Crippen molar-refractivity contribution in [2.24, 2.45) is 0 Å². The molecule has 0 aliphatic carbocycles. The number of nitrogens with one attached hydrogen (secondary N) is 1. The third-order valence-corrected chi connectivity index (χ3v) is 3.26. The van der Waals surface area contributed by atoms with E-state index in [1.54, 1.807) is 6.20 Å². The third kappa shape index (κ3) is 4.45. The van der Waals surface area contributed by atoms with Gasteiger partial charge in [-0.25, -0.2) is 4.98 Å². The predicted molar refractivity (Wildman–Crippen MR) is 72.4 cm³/mol. The molecule has 0 aromatic carbocycles. The second-order valence-corrected chi connectivity index (χ2v) is 4.77. The molecule has 0 saturated carbocycles. The van der Waals surface area contributed by atoms with Gasteiger partial charge >= 0.3 is 0 Å². The third-order valence-electron chi connectivity index (χ3n) is 3.26. The van der Waals surface area contributed by atoms with E-state index in [9.17, 15) is 4.79 Å². The van der Waals surface area contributed by atoms with E-state index in [4.69, 9.17) is 0 Å². The number of hydrogen-bond donors (Lipinski definition) is 1. The average molecular weight is 247 g/mol. The van der Waals surface area contributed by atoms with Gasteiger partial charge in [0, 0.05) is 12.6 Å². The fraction of sp³-hybridized carbons (Fsp3) is 0.571. The molecule has 98 valence electrons. The first kappa shape index (κ1) is 13.0. The fourth-order valence-corrected chi connectivity index (χ4v) is 2.29. The molecule has 0 radical (unpaired) electrons. The van der Waals surface area contributed by atoms with Gasteiger partial charge in [0.1, 0.15) is 5.82 Å². The zero-order valence-electron chi connectivity index (χ0n) is 10.8. The molecule has 1 amide bonds. The van der Waals surface area contributed by atoms with Crippen molar-refractivity contribution in [3.05, 3.63) is 24.4 Å². The minimum atomic E-state index is 0.0608. The lowest BCUT2D eigenvalue weighted by atomic mass is 10.1. The number of nitrogens with zero attached hydrogens (tertiary/aromatic N) is 2. The summed E-state index contributed by atoms with van der Waals surface area (Å²) in [5.41, 5.74) is 0. The highest BCUT2D eigenvalue weighted by atomic mass is 16.1. The Morgan fingerprint density at radius 1 is 1.28 bits per heavy atom. The molecule has 1 aromatic rings. The molecule has 1 aliphatic heterocycles. The Balaban J connectivity index is 1.62. The van der Waals surface area contributed by atoms with Crippen molar-refractivity contribution in [3.8, 4) is 0 Å². The highest BCUT2D eigenvalue weighted by Crippen LogP contribution is 2.09. The van der Waals surface area contributed by atoms with E-state index in [-0.39, 0.29) is 5.91 Å². The Labute approximate surface area is 108 Å². The smallest absolute Gasteiger partial charge is 0.225 e. The van der Waals surface area contributed by atoms with Crippen molar-refractivity contribution in [3.63, 3.8) is 0 Å². The van der Waals surface area contributed by atoms with Crippen molar-refractivity contribution >= 4 is 11.7 Å². The first-order chi connectivity index (χ1) is 8.84. The van der Waals surface area contributed by atoms with Gasteiger partial charge in [-0.3, -0.25) is 4.79 Å². The zero-order chi connectivity index (χ0) is 12.6. The van der Waals surface area contributed by atoms with Gasteiger partial charge in [0.15, 0.2) is 0 Å². The molecule has 4 nitrogen and oxygen atoms in total. The van der Waals surface area contributed by atoms with Crippen molar-refractivity contribution in [2.45, 2.75) is 32.1 Å². The van der Waals surface area contributed by atoms with E-state index in [1.807, 2.05) is 18.2 Å². The van der Waals surface area contributed by atoms with E-state index in [0.717, 1.165) is 13.0 Å². The normalized spacial score (nSPS) is 16.4. The van der Waals surface area contributed by atoms with Crippen LogP contribution in [0.15, 0.2) is 24.4 Å². The molecule has 4 heteroatoms. The molecule has 0 bridgehead atoms. The monoisotopic (exact) mass is 247 g/mol. The van der Waals surface area contributed by atoms with Crippen molar-refractivity contribution in [2.75, 3.05) is 25.0 Å². The summed E-state index contributed by atoms with van der Waals surface area (Å²) in [5.74, 6) is 0.700. The maximum absolute atomic E-state index is 11.7. The van der Waals surface area contributed by atoms with Crippen LogP contribution in [0.25, 0.3) is 0 Å². The molecule has 0 unspecified atom stereocenters. The molecule has 1 saturated heterocycles. The number of hydrogen-bond acceptors (Lipinski definition) is 3. The molecule has 1 N–H and O–H groups in total. The molecule has 2 heterocycles. The summed E-state index contributed by atoms with van der Waals surface area (Å²) in [6.45, 7) is 3.43. The Bertz CT molecular complexity index is 361. The quantitative estimate of drug-likeness (QED) is 0.868. The lowest BCUT2D eigenvalue weighted by molar-refractivity contribution is -0.116. The maximum atomic E-state index is 11.7. The summed E-state index contributed by atoms with van der Waals surface area (Å²) in [6.07, 6.45) is 7.16. The number of anilines is 1. The van der Waals surface area contributed by atoms with E-state index in [2.05, 4.69) is 15.2 Å². The molecule has 1 aliphatic rings. The highest BCUT2D eigenvalue weighted by molar-refractivity contribution is 5.89. The number of carbonyl (C=O) groups is 1. The molecule has 0 atom stereocenters. The second kappa shape index (κ2) is 7.11. The Hall–Kier alpha value is -1.42. The number of rotatable bonds is 5. The largest absolute Gasteiger partial charge is 0.311 e. The molecule has 1 aromatic heterocycles. The van der Waals surface area contributed by atoms with Crippen LogP contribution in [0.4, 0.5) is 5.82 Å². The zero-order valence-corrected chi connectivity index (χ0v) is 10.8. The van der Waals surface area contributed by atoms with Gasteiger partial charge in [0.25, 0.3) is 0 Å². The topological polar surface area (TPSA) is 45.2 Å². The summed E-state index contributed by atoms with van der Waals surface area (Å²) < 4.78 is 0. The molecule has 2 rings (SSSR count). The van der Waals surface area contributed by atoms with Crippen LogP contribution in [0.1, 0.15) is 32.1 Å². The van der Waals surface area contributed by atoms with Crippen molar-refractivity contribution in [1.29, 1.82) is 0 Å². The van der Waals surface area contributed by atoms with Gasteiger partial charge < -0.3 is 10.2 Å². The van der Waals surface area contributed by atoms with Gasteiger partial charge in [-0.1, -0.05) is 12.5 Å². The minimum absolute atomic E-state index is 0.0608. The fourth-order valence-electron chi connectivity index (χ4n) is 2.29. The van der Waals surface area contributed by atoms with Gasteiger partial charge in [-0.15, -0.1) is 0 Å². The van der Waals surface area contributed by atoms with E-state index in [1.165, 1.54) is 32.4 Å². The van der Waals surface area contributed by atoms with Gasteiger partial charge in [-0.2, -0.15) is 0 Å². The van der Waals surface area contributed by atoms with E-state index in [0.29, 0.717) is 12.2 Å². The van der Waals surface area contributed by atoms with Crippen molar-refractivity contribution < 1.29 is 4.79 Å². The first-order valence-corrected chi connectivity index (χ1v) is 6.78. The van der Waals surface area contributed by atoms with Crippen LogP contribution < -0.4 is 5.32 Å². The lowest BCUT2D eigenvalue weighted by Crippen LogP contribution is -2.31. The van der Waals surface area contributed by atoms with Crippen LogP contribution >= 0.6 is 0 Å². The Kier molecular flexibility index (Phi) is 5.15. The standard InChI is InChI=1S/C14H21N3O/c18-14(16-13-7-2-3-9-15-13)8-6-12-17-10-4-1-5-11-17/h2-3,7,9H,1,4-6,8,10-12H2,(H,15,16,18). The van der Waals surface area contributed by atoms with Gasteiger partial charge in [0.05, 0.1) is 0 Å². The lowest BCUT2D eigenvalue weighted by Gasteiger charge is -2.26. The first-order valence-electron chi connectivity index (χ1n) is 6.78. The van der Waals surface area contributed by atoms with Crippen molar-refractivity contribution in [1.82, 2.24) is 9.88 Å². The molecule has 0 spiro atoms. The Morgan fingerprint density at radius 3 is 2.83 bits per heavy atom. The van der Waals surface area contributed by atoms with Crippen LogP contribution in [0.2, 0.25) is 0 Å². The molecule has 1 fully saturated rings. The summed E-state index contributed by atoms with van der Waals surface area (Å²) >= 11 is 0. The number of carbonyl (C=O) groups excluding carboxylic acids is 1. The minimum Gasteiger partial charge on any atom is -0.311 e. The van der Waals surface area contributed by atoms with E-state index < -0.39 is 0 Å². The van der Waals surface area contributed by atoms with Crippen LogP contribution in [0.3, 0.4) is 0 Å². The summed E-state index contributed by atoms with van der Waals surface area (Å²) in [5, 5.41) is 2.81. The number of amides is 1. The number of aromatic nitrogens is 1. The average Bonchev–Trinajstić information content (AvgIpc) is 2.41. The molecular formula is C14H21N3O. The summed E-state index contributed by atoms with van der Waals surface area (Å²) in [7, 11) is 0. The summed E-state index contributed by atoms with van der Waals surface area (Å²) in [4.78, 5) is 18.2. The van der Waals surface area contributed by atoms with Gasteiger partial charge in [-0.05, 0) is 51.0 Å². The number of piperidine rings is 1. The van der Waals surface area contributed by atoms with Crippen LogP contribution in [-0.2, 0) is 4.79 Å². The maximum Gasteiger partial charge on any atom is 0.225 e. The molecular weight excluding hydrogens is 226 g/mol. The second-order valence-electron chi connectivity index (χ2n) is 4.77. The number of likely N-dealkylation sites (tertiary alicyclic amines) is 1. The Morgan fingerprint density at radius 2 is 2.11 bits per heavy atom.